The molecule has 0 aliphatic rings. The van der Waals surface area contributed by atoms with Gasteiger partial charge in [0.2, 0.25) is 0 Å². The van der Waals surface area contributed by atoms with Crippen molar-refractivity contribution >= 4 is 16.8 Å². The van der Waals surface area contributed by atoms with Crippen molar-refractivity contribution in [1.29, 1.82) is 0 Å². The topological polar surface area (TPSA) is 66.1 Å². The molecule has 156 valence electrons. The number of benzene rings is 2. The number of pyridine rings is 2. The second-order valence-corrected chi connectivity index (χ2v) is 8.03. The number of carbonyl (C=O) groups is 1. The van der Waals surface area contributed by atoms with Crippen LogP contribution in [0.4, 0.5) is 0 Å². The Hall–Kier alpha value is -3.73. The van der Waals surface area contributed by atoms with E-state index in [0.717, 1.165) is 33.2 Å². The van der Waals surface area contributed by atoms with Gasteiger partial charge in [-0.05, 0) is 73.2 Å². The number of H-pyrrole nitrogens is 1. The van der Waals surface area contributed by atoms with Crippen LogP contribution in [0.15, 0.2) is 71.8 Å². The molecule has 1 amide bonds. The van der Waals surface area contributed by atoms with E-state index in [-0.39, 0.29) is 18.0 Å². The van der Waals surface area contributed by atoms with E-state index < -0.39 is 0 Å². The summed E-state index contributed by atoms with van der Waals surface area (Å²) < 4.78 is 0. The van der Waals surface area contributed by atoms with Crippen LogP contribution in [-0.4, -0.2) is 20.8 Å². The van der Waals surface area contributed by atoms with Crippen LogP contribution in [0.25, 0.3) is 10.9 Å². The maximum absolute atomic E-state index is 13.3. The first-order valence-electron chi connectivity index (χ1n) is 10.3. The van der Waals surface area contributed by atoms with Gasteiger partial charge in [-0.3, -0.25) is 14.6 Å². The first-order valence-corrected chi connectivity index (χ1v) is 10.3. The maximum Gasteiger partial charge on any atom is 0.254 e. The number of nitrogens with zero attached hydrogens (tertiary/aromatic N) is 2. The molecule has 2 heterocycles. The van der Waals surface area contributed by atoms with Crippen LogP contribution >= 0.6 is 0 Å². The molecule has 31 heavy (non-hydrogen) atoms. The predicted molar refractivity (Wildman–Crippen MR) is 123 cm³/mol. The third-order valence-electron chi connectivity index (χ3n) is 5.61. The predicted octanol–water partition coefficient (Wildman–Crippen LogP) is 4.69. The number of aryl methyl sites for hydroxylation is 3. The minimum Gasteiger partial charge on any atom is -0.330 e. The van der Waals surface area contributed by atoms with E-state index in [2.05, 4.69) is 23.0 Å². The molecule has 0 atom stereocenters. The highest BCUT2D eigenvalue weighted by Crippen LogP contribution is 2.19. The van der Waals surface area contributed by atoms with Gasteiger partial charge in [-0.15, -0.1) is 0 Å². The minimum absolute atomic E-state index is 0.137. The lowest BCUT2D eigenvalue weighted by Crippen LogP contribution is -2.32. The smallest absolute Gasteiger partial charge is 0.254 e. The van der Waals surface area contributed by atoms with Crippen LogP contribution in [0.2, 0.25) is 0 Å². The number of nitrogens with one attached hydrogen (secondary N) is 1. The highest BCUT2D eigenvalue weighted by atomic mass is 16.2. The molecule has 5 nitrogen and oxygen atoms in total. The summed E-state index contributed by atoms with van der Waals surface area (Å²) in [6.45, 7) is 6.73. The third kappa shape index (κ3) is 4.56. The zero-order valence-electron chi connectivity index (χ0n) is 18.0. The Bertz CT molecular complexity index is 1290. The molecular weight excluding hydrogens is 386 g/mol. The quantitative estimate of drug-likeness (QED) is 0.518. The molecule has 0 fully saturated rings. The largest absolute Gasteiger partial charge is 0.330 e. The molecule has 1 N–H and O–H groups in total. The van der Waals surface area contributed by atoms with Gasteiger partial charge in [0.05, 0.1) is 6.54 Å². The van der Waals surface area contributed by atoms with Gasteiger partial charge < -0.3 is 9.88 Å². The molecule has 0 bridgehead atoms. The molecule has 0 saturated heterocycles. The Balaban J connectivity index is 1.72. The summed E-state index contributed by atoms with van der Waals surface area (Å²) >= 11 is 0. The van der Waals surface area contributed by atoms with Crippen molar-refractivity contribution in [3.05, 3.63) is 111 Å². The third-order valence-corrected chi connectivity index (χ3v) is 5.61. The van der Waals surface area contributed by atoms with Crippen molar-refractivity contribution in [2.45, 2.75) is 33.9 Å². The van der Waals surface area contributed by atoms with E-state index in [9.17, 15) is 9.59 Å². The molecule has 0 saturated carbocycles. The van der Waals surface area contributed by atoms with Gasteiger partial charge in [0.1, 0.15) is 0 Å². The van der Waals surface area contributed by atoms with E-state index >= 15 is 0 Å². The number of hydrogen-bond donors (Lipinski definition) is 1. The molecule has 0 spiro atoms. The minimum atomic E-state index is -0.174. The lowest BCUT2D eigenvalue weighted by atomic mass is 10.0. The van der Waals surface area contributed by atoms with Crippen LogP contribution in [0.5, 0.6) is 0 Å². The van der Waals surface area contributed by atoms with Gasteiger partial charge in [0.15, 0.2) is 0 Å². The fourth-order valence-corrected chi connectivity index (χ4v) is 3.64. The number of aromatic amines is 1. The highest BCUT2D eigenvalue weighted by molar-refractivity contribution is 5.94. The Labute approximate surface area is 181 Å². The summed E-state index contributed by atoms with van der Waals surface area (Å²) in [7, 11) is 0. The first kappa shape index (κ1) is 20.5. The molecule has 2 aromatic carbocycles. The average molecular weight is 412 g/mol. The van der Waals surface area contributed by atoms with Crippen molar-refractivity contribution < 1.29 is 4.79 Å². The van der Waals surface area contributed by atoms with Crippen LogP contribution < -0.4 is 5.56 Å². The molecule has 0 radical (unpaired) electrons. The molecule has 0 unspecified atom stereocenters. The zero-order valence-corrected chi connectivity index (χ0v) is 18.0. The van der Waals surface area contributed by atoms with E-state index in [0.29, 0.717) is 17.7 Å². The number of aromatic nitrogens is 2. The first-order chi connectivity index (χ1) is 14.9. The molecular formula is C26H25N3O2. The lowest BCUT2D eigenvalue weighted by Gasteiger charge is -2.23. The van der Waals surface area contributed by atoms with Crippen molar-refractivity contribution in [2.75, 3.05) is 0 Å². The number of rotatable bonds is 5. The van der Waals surface area contributed by atoms with Gasteiger partial charge >= 0.3 is 0 Å². The van der Waals surface area contributed by atoms with E-state index in [4.69, 9.17) is 0 Å². The van der Waals surface area contributed by atoms with Crippen LogP contribution in [-0.2, 0) is 13.1 Å². The molecule has 0 aliphatic carbocycles. The summed E-state index contributed by atoms with van der Waals surface area (Å²) in [5.74, 6) is -0.137. The SMILES string of the molecule is Cc1ccc(CN(Cc2cc3cc(C)c(C)cc3[nH]c2=O)C(=O)c2ccncc2)cc1. The fourth-order valence-electron chi connectivity index (χ4n) is 3.64. The summed E-state index contributed by atoms with van der Waals surface area (Å²) in [5.41, 5.74) is 6.20. The molecule has 4 aromatic rings. The number of amides is 1. The highest BCUT2D eigenvalue weighted by Gasteiger charge is 2.18. The van der Waals surface area contributed by atoms with Crippen molar-refractivity contribution in [2.24, 2.45) is 0 Å². The van der Waals surface area contributed by atoms with Gasteiger partial charge in [0, 0.05) is 35.6 Å². The van der Waals surface area contributed by atoms with Crippen molar-refractivity contribution in [3.8, 4) is 0 Å². The second-order valence-electron chi connectivity index (χ2n) is 8.03. The zero-order chi connectivity index (χ0) is 22.0. The summed E-state index contributed by atoms with van der Waals surface area (Å²) in [5, 5.41) is 0.962. The monoisotopic (exact) mass is 411 g/mol. The Morgan fingerprint density at radius 1 is 0.903 bits per heavy atom. The van der Waals surface area contributed by atoms with Gasteiger partial charge in [-0.1, -0.05) is 29.8 Å². The normalized spacial score (nSPS) is 10.9. The molecule has 4 rings (SSSR count). The van der Waals surface area contributed by atoms with E-state index in [1.807, 2.05) is 50.2 Å². The molecule has 0 aliphatic heterocycles. The van der Waals surface area contributed by atoms with Crippen molar-refractivity contribution in [1.82, 2.24) is 14.9 Å². The molecule has 2 aromatic heterocycles. The van der Waals surface area contributed by atoms with Gasteiger partial charge in [-0.2, -0.15) is 0 Å². The Morgan fingerprint density at radius 2 is 1.58 bits per heavy atom. The number of hydrogen-bond acceptors (Lipinski definition) is 3. The van der Waals surface area contributed by atoms with Crippen LogP contribution in [0, 0.1) is 20.8 Å². The average Bonchev–Trinajstić information content (AvgIpc) is 2.77. The van der Waals surface area contributed by atoms with E-state index in [1.54, 1.807) is 29.4 Å². The van der Waals surface area contributed by atoms with E-state index in [1.165, 1.54) is 0 Å². The molecule has 5 heteroatoms. The summed E-state index contributed by atoms with van der Waals surface area (Å²) in [6, 6.07) is 17.4. The number of fused-ring (bicyclic) bond motifs is 1. The van der Waals surface area contributed by atoms with Gasteiger partial charge in [0.25, 0.3) is 11.5 Å². The Kier molecular flexibility index (Phi) is 5.67. The maximum atomic E-state index is 13.3. The van der Waals surface area contributed by atoms with Crippen LogP contribution in [0.3, 0.4) is 0 Å². The summed E-state index contributed by atoms with van der Waals surface area (Å²) in [4.78, 5) is 34.8. The Morgan fingerprint density at radius 3 is 2.29 bits per heavy atom. The van der Waals surface area contributed by atoms with Gasteiger partial charge in [-0.25, -0.2) is 0 Å². The number of carbonyl (C=O) groups excluding carboxylic acids is 1. The standard InChI is InChI=1S/C26H25N3O2/c1-17-4-6-20(7-5-17)15-29(26(31)21-8-10-27-11-9-21)16-23-14-22-12-18(2)19(3)13-24(22)28-25(23)30/h4-14H,15-16H2,1-3H3,(H,28,30). The summed E-state index contributed by atoms with van der Waals surface area (Å²) in [6.07, 6.45) is 3.20. The van der Waals surface area contributed by atoms with Crippen LogP contribution in [0.1, 0.15) is 38.2 Å². The van der Waals surface area contributed by atoms with Crippen molar-refractivity contribution in [3.63, 3.8) is 0 Å². The lowest BCUT2D eigenvalue weighted by molar-refractivity contribution is 0.0729. The fraction of sp³-hybridized carbons (Fsp3) is 0.192. The second kappa shape index (κ2) is 8.56.